The molecule has 1 unspecified atom stereocenters. The number of halogens is 1. The Kier molecular flexibility index (Phi) is 8.26. The van der Waals surface area contributed by atoms with Gasteiger partial charge in [-0.1, -0.05) is 48.0 Å². The minimum Gasteiger partial charge on any atom is -0.355 e. The van der Waals surface area contributed by atoms with Crippen LogP contribution in [0.1, 0.15) is 29.5 Å². The molecule has 150 valence electrons. The topological polar surface area (TPSA) is 32.3 Å². The van der Waals surface area contributed by atoms with Gasteiger partial charge in [0.15, 0.2) is 0 Å². The monoisotopic (exact) mass is 416 g/mol. The van der Waals surface area contributed by atoms with E-state index < -0.39 is 0 Å². The van der Waals surface area contributed by atoms with Gasteiger partial charge >= 0.3 is 0 Å². The SMILES string of the molecule is Cc1ccccc1CSCCNC(=O)C1CCCN(Cc2ccc(Cl)cc2)C1. The fourth-order valence-electron chi connectivity index (χ4n) is 3.61. The number of aryl methyl sites for hydroxylation is 1. The molecule has 1 saturated heterocycles. The van der Waals surface area contributed by atoms with Gasteiger partial charge in [-0.25, -0.2) is 0 Å². The van der Waals surface area contributed by atoms with Crippen LogP contribution >= 0.6 is 23.4 Å². The molecule has 5 heteroatoms. The second-order valence-corrected chi connectivity index (χ2v) is 9.01. The number of carbonyl (C=O) groups excluding carboxylic acids is 1. The number of thioether (sulfide) groups is 1. The van der Waals surface area contributed by atoms with E-state index in [1.165, 1.54) is 16.7 Å². The summed E-state index contributed by atoms with van der Waals surface area (Å²) in [7, 11) is 0. The zero-order valence-electron chi connectivity index (χ0n) is 16.5. The van der Waals surface area contributed by atoms with Crippen molar-refractivity contribution in [2.24, 2.45) is 5.92 Å². The number of amides is 1. The highest BCUT2D eigenvalue weighted by Crippen LogP contribution is 2.20. The third-order valence-corrected chi connectivity index (χ3v) is 6.52. The molecule has 1 aliphatic rings. The number of nitrogens with one attached hydrogen (secondary N) is 1. The number of rotatable bonds is 8. The molecule has 0 spiro atoms. The van der Waals surface area contributed by atoms with E-state index in [2.05, 4.69) is 53.5 Å². The summed E-state index contributed by atoms with van der Waals surface area (Å²) in [6.45, 7) is 5.66. The number of piperidine rings is 1. The first-order chi connectivity index (χ1) is 13.6. The summed E-state index contributed by atoms with van der Waals surface area (Å²) < 4.78 is 0. The Morgan fingerprint density at radius 1 is 1.21 bits per heavy atom. The lowest BCUT2D eigenvalue weighted by Crippen LogP contribution is -2.43. The largest absolute Gasteiger partial charge is 0.355 e. The predicted molar refractivity (Wildman–Crippen MR) is 120 cm³/mol. The van der Waals surface area contributed by atoms with E-state index >= 15 is 0 Å². The highest BCUT2D eigenvalue weighted by Gasteiger charge is 2.25. The molecule has 3 rings (SSSR count). The summed E-state index contributed by atoms with van der Waals surface area (Å²) in [5.74, 6) is 2.25. The number of carbonyl (C=O) groups is 1. The van der Waals surface area contributed by atoms with Gasteiger partial charge in [0, 0.05) is 36.2 Å². The van der Waals surface area contributed by atoms with Gasteiger partial charge in [-0.05, 0) is 55.1 Å². The van der Waals surface area contributed by atoms with Crippen LogP contribution in [0, 0.1) is 12.8 Å². The number of benzene rings is 2. The molecule has 1 amide bonds. The van der Waals surface area contributed by atoms with Gasteiger partial charge in [-0.15, -0.1) is 0 Å². The van der Waals surface area contributed by atoms with E-state index in [4.69, 9.17) is 11.6 Å². The molecule has 0 bridgehead atoms. The zero-order chi connectivity index (χ0) is 19.8. The molecule has 1 fully saturated rings. The van der Waals surface area contributed by atoms with Crippen LogP contribution < -0.4 is 5.32 Å². The summed E-state index contributed by atoms with van der Waals surface area (Å²) in [6.07, 6.45) is 2.06. The Balaban J connectivity index is 1.36. The molecule has 1 aliphatic heterocycles. The van der Waals surface area contributed by atoms with Gasteiger partial charge in [-0.2, -0.15) is 11.8 Å². The van der Waals surface area contributed by atoms with Crippen LogP contribution in [0.5, 0.6) is 0 Å². The fraction of sp³-hybridized carbons (Fsp3) is 0.435. The lowest BCUT2D eigenvalue weighted by Gasteiger charge is -2.32. The maximum Gasteiger partial charge on any atom is 0.224 e. The van der Waals surface area contributed by atoms with Crippen LogP contribution in [-0.4, -0.2) is 36.2 Å². The van der Waals surface area contributed by atoms with Crippen molar-refractivity contribution in [3.05, 3.63) is 70.2 Å². The van der Waals surface area contributed by atoms with E-state index in [9.17, 15) is 4.79 Å². The first-order valence-corrected chi connectivity index (χ1v) is 11.5. The van der Waals surface area contributed by atoms with E-state index in [-0.39, 0.29) is 11.8 Å². The van der Waals surface area contributed by atoms with Crippen molar-refractivity contribution < 1.29 is 4.79 Å². The smallest absolute Gasteiger partial charge is 0.224 e. The van der Waals surface area contributed by atoms with Gasteiger partial charge in [0.05, 0.1) is 5.92 Å². The zero-order valence-corrected chi connectivity index (χ0v) is 18.1. The van der Waals surface area contributed by atoms with Crippen LogP contribution in [0.4, 0.5) is 0 Å². The third-order valence-electron chi connectivity index (χ3n) is 5.26. The summed E-state index contributed by atoms with van der Waals surface area (Å²) in [5.41, 5.74) is 3.96. The number of likely N-dealkylation sites (tertiary alicyclic amines) is 1. The Labute approximate surface area is 177 Å². The fourth-order valence-corrected chi connectivity index (χ4v) is 4.67. The molecule has 0 aliphatic carbocycles. The van der Waals surface area contributed by atoms with Crippen LogP contribution in [0.15, 0.2) is 48.5 Å². The van der Waals surface area contributed by atoms with Gasteiger partial charge in [0.25, 0.3) is 0 Å². The lowest BCUT2D eigenvalue weighted by atomic mass is 9.96. The van der Waals surface area contributed by atoms with Crippen molar-refractivity contribution in [2.45, 2.75) is 32.1 Å². The normalized spacial score (nSPS) is 17.4. The number of hydrogen-bond donors (Lipinski definition) is 1. The van der Waals surface area contributed by atoms with Crippen LogP contribution in [-0.2, 0) is 17.1 Å². The molecule has 0 aromatic heterocycles. The summed E-state index contributed by atoms with van der Waals surface area (Å²) in [6, 6.07) is 16.5. The van der Waals surface area contributed by atoms with E-state index in [0.717, 1.165) is 55.5 Å². The van der Waals surface area contributed by atoms with E-state index in [1.807, 2.05) is 23.9 Å². The van der Waals surface area contributed by atoms with Crippen molar-refractivity contribution >= 4 is 29.3 Å². The molecule has 0 radical (unpaired) electrons. The molecule has 1 N–H and O–H groups in total. The first-order valence-electron chi connectivity index (χ1n) is 9.98. The van der Waals surface area contributed by atoms with Crippen molar-refractivity contribution in [1.29, 1.82) is 0 Å². The van der Waals surface area contributed by atoms with Crippen LogP contribution in [0.25, 0.3) is 0 Å². The minimum atomic E-state index is 0.0995. The molecular weight excluding hydrogens is 388 g/mol. The molecule has 0 saturated carbocycles. The standard InChI is InChI=1S/C23H29ClN2OS/c1-18-5-2-3-6-21(18)17-28-14-12-25-23(27)20-7-4-13-26(16-20)15-19-8-10-22(24)11-9-19/h2-3,5-6,8-11,20H,4,7,12-17H2,1H3,(H,25,27). The van der Waals surface area contributed by atoms with E-state index in [1.54, 1.807) is 0 Å². The van der Waals surface area contributed by atoms with Crippen molar-refractivity contribution in [3.63, 3.8) is 0 Å². The van der Waals surface area contributed by atoms with Crippen molar-refractivity contribution in [1.82, 2.24) is 10.2 Å². The van der Waals surface area contributed by atoms with Crippen molar-refractivity contribution in [3.8, 4) is 0 Å². The Morgan fingerprint density at radius 2 is 2.00 bits per heavy atom. The highest BCUT2D eigenvalue weighted by atomic mass is 35.5. The highest BCUT2D eigenvalue weighted by molar-refractivity contribution is 7.98. The Morgan fingerprint density at radius 3 is 2.79 bits per heavy atom. The summed E-state index contributed by atoms with van der Waals surface area (Å²) >= 11 is 7.84. The van der Waals surface area contributed by atoms with Gasteiger partial charge < -0.3 is 5.32 Å². The van der Waals surface area contributed by atoms with E-state index in [0.29, 0.717) is 0 Å². The van der Waals surface area contributed by atoms with Gasteiger partial charge in [-0.3, -0.25) is 9.69 Å². The second-order valence-electron chi connectivity index (χ2n) is 7.47. The molecule has 2 aromatic rings. The molecule has 3 nitrogen and oxygen atoms in total. The quantitative estimate of drug-likeness (QED) is 0.620. The molecule has 28 heavy (non-hydrogen) atoms. The third kappa shape index (κ3) is 6.54. The van der Waals surface area contributed by atoms with Crippen LogP contribution in [0.3, 0.4) is 0 Å². The first kappa shape index (κ1) is 21.2. The minimum absolute atomic E-state index is 0.0995. The summed E-state index contributed by atoms with van der Waals surface area (Å²) in [5, 5.41) is 3.91. The second kappa shape index (κ2) is 10.9. The van der Waals surface area contributed by atoms with Gasteiger partial charge in [0.2, 0.25) is 5.91 Å². The Bertz CT molecular complexity index is 765. The maximum atomic E-state index is 12.6. The number of nitrogens with zero attached hydrogens (tertiary/aromatic N) is 1. The molecule has 1 atom stereocenters. The Hall–Kier alpha value is -1.49. The number of hydrogen-bond acceptors (Lipinski definition) is 3. The van der Waals surface area contributed by atoms with Crippen LogP contribution in [0.2, 0.25) is 5.02 Å². The summed E-state index contributed by atoms with van der Waals surface area (Å²) in [4.78, 5) is 14.9. The predicted octanol–water partition coefficient (Wildman–Crippen LogP) is 4.91. The maximum absolute atomic E-state index is 12.6. The molecular formula is C23H29ClN2OS. The van der Waals surface area contributed by atoms with Crippen molar-refractivity contribution in [2.75, 3.05) is 25.4 Å². The molecule has 2 aromatic carbocycles. The lowest BCUT2D eigenvalue weighted by molar-refractivity contribution is -0.126. The van der Waals surface area contributed by atoms with Gasteiger partial charge in [0.1, 0.15) is 0 Å². The average molecular weight is 417 g/mol. The molecule has 1 heterocycles. The average Bonchev–Trinajstić information content (AvgIpc) is 2.71.